The van der Waals surface area contributed by atoms with E-state index in [1.165, 1.54) is 0 Å². The summed E-state index contributed by atoms with van der Waals surface area (Å²) in [5.41, 5.74) is 0. The van der Waals surface area contributed by atoms with Crippen LogP contribution in [0.2, 0.25) is 0 Å². The largest absolute Gasteiger partial charge is 0.505 e. The van der Waals surface area contributed by atoms with Gasteiger partial charge in [0.25, 0.3) is 0 Å². The molecule has 1 aromatic carbocycles. The van der Waals surface area contributed by atoms with Crippen molar-refractivity contribution in [1.29, 1.82) is 0 Å². The lowest BCUT2D eigenvalue weighted by molar-refractivity contribution is 0.431. The van der Waals surface area contributed by atoms with Crippen LogP contribution in [-0.4, -0.2) is 20.1 Å². The maximum atomic E-state index is 12.8. The van der Waals surface area contributed by atoms with Gasteiger partial charge >= 0.3 is 0 Å². The predicted octanol–water partition coefficient (Wildman–Crippen LogP) is 0.829. The predicted molar refractivity (Wildman–Crippen MR) is 48.9 cm³/mol. The number of phenolic OH excluding ortho intramolecular Hbond substituents is 1. The molecule has 0 saturated carbocycles. The number of hydrogen-bond acceptors (Lipinski definition) is 3. The Bertz CT molecular complexity index is 430. The van der Waals surface area contributed by atoms with E-state index in [1.807, 2.05) is 0 Å². The van der Waals surface area contributed by atoms with E-state index in [2.05, 4.69) is 4.72 Å². The highest BCUT2D eigenvalue weighted by molar-refractivity contribution is 7.89. The molecule has 2 N–H and O–H groups in total. The standard InChI is InChI=1S/C8H10FNO3S/c1-2-10-14(12,13)6-3-4-8(11)7(9)5-6/h3-5,10-11H,2H2,1H3. The average molecular weight is 219 g/mol. The minimum atomic E-state index is -3.65. The molecule has 0 spiro atoms. The van der Waals surface area contributed by atoms with Crippen LogP contribution < -0.4 is 4.72 Å². The second-order valence-electron chi connectivity index (χ2n) is 2.61. The Morgan fingerprint density at radius 2 is 2.14 bits per heavy atom. The Balaban J connectivity index is 3.15. The molecule has 1 aromatic rings. The highest BCUT2D eigenvalue weighted by atomic mass is 32.2. The van der Waals surface area contributed by atoms with Crippen molar-refractivity contribution in [3.63, 3.8) is 0 Å². The average Bonchev–Trinajstić information content (AvgIpc) is 2.09. The molecule has 0 aliphatic rings. The molecule has 0 aliphatic carbocycles. The van der Waals surface area contributed by atoms with Crippen LogP contribution in [0.5, 0.6) is 5.75 Å². The molecule has 0 heterocycles. The van der Waals surface area contributed by atoms with E-state index in [-0.39, 0.29) is 11.4 Å². The van der Waals surface area contributed by atoms with Crippen LogP contribution >= 0.6 is 0 Å². The van der Waals surface area contributed by atoms with Crippen molar-refractivity contribution in [3.8, 4) is 5.75 Å². The topological polar surface area (TPSA) is 66.4 Å². The van der Waals surface area contributed by atoms with Gasteiger partial charge in [0.2, 0.25) is 10.0 Å². The summed E-state index contributed by atoms with van der Waals surface area (Å²) in [5.74, 6) is -1.52. The minimum absolute atomic E-state index is 0.199. The van der Waals surface area contributed by atoms with Gasteiger partial charge in [-0.05, 0) is 18.2 Å². The quantitative estimate of drug-likeness (QED) is 0.791. The van der Waals surface area contributed by atoms with Gasteiger partial charge in [0.05, 0.1) is 4.90 Å². The fraction of sp³-hybridized carbons (Fsp3) is 0.250. The van der Waals surface area contributed by atoms with Crippen LogP contribution in [0.3, 0.4) is 0 Å². The van der Waals surface area contributed by atoms with Gasteiger partial charge in [-0.1, -0.05) is 6.92 Å². The van der Waals surface area contributed by atoms with E-state index in [4.69, 9.17) is 5.11 Å². The molecule has 1 rings (SSSR count). The molecule has 0 atom stereocenters. The molecular formula is C8H10FNO3S. The maximum Gasteiger partial charge on any atom is 0.240 e. The lowest BCUT2D eigenvalue weighted by atomic mass is 10.3. The Hall–Kier alpha value is -1.14. The Labute approximate surface area is 81.4 Å². The molecule has 0 unspecified atom stereocenters. The summed E-state index contributed by atoms with van der Waals surface area (Å²) in [6.07, 6.45) is 0. The SMILES string of the molecule is CCNS(=O)(=O)c1ccc(O)c(F)c1. The van der Waals surface area contributed by atoms with Crippen molar-refractivity contribution >= 4 is 10.0 Å². The first-order chi connectivity index (χ1) is 6.47. The Kier molecular flexibility index (Phi) is 3.07. The van der Waals surface area contributed by atoms with Crippen molar-refractivity contribution < 1.29 is 17.9 Å². The Morgan fingerprint density at radius 1 is 1.50 bits per heavy atom. The summed E-state index contributed by atoms with van der Waals surface area (Å²) in [7, 11) is -3.65. The highest BCUT2D eigenvalue weighted by Crippen LogP contribution is 2.18. The van der Waals surface area contributed by atoms with E-state index in [1.54, 1.807) is 6.92 Å². The van der Waals surface area contributed by atoms with Gasteiger partial charge < -0.3 is 5.11 Å². The number of phenols is 1. The van der Waals surface area contributed by atoms with Gasteiger partial charge in [-0.15, -0.1) is 0 Å². The molecule has 0 aliphatic heterocycles. The summed E-state index contributed by atoms with van der Waals surface area (Å²) >= 11 is 0. The lowest BCUT2D eigenvalue weighted by Gasteiger charge is -2.04. The van der Waals surface area contributed by atoms with Crippen LogP contribution in [0.1, 0.15) is 6.92 Å². The number of rotatable bonds is 3. The van der Waals surface area contributed by atoms with Crippen LogP contribution in [0.15, 0.2) is 23.1 Å². The summed E-state index contributed by atoms with van der Waals surface area (Å²) in [4.78, 5) is -0.199. The third kappa shape index (κ3) is 2.21. The number of sulfonamides is 1. The normalized spacial score (nSPS) is 11.6. The van der Waals surface area contributed by atoms with Crippen LogP contribution in [0.4, 0.5) is 4.39 Å². The molecule has 0 radical (unpaired) electrons. The second kappa shape index (κ2) is 3.93. The van der Waals surface area contributed by atoms with E-state index in [0.717, 1.165) is 18.2 Å². The molecular weight excluding hydrogens is 209 g/mol. The number of hydrogen-bond donors (Lipinski definition) is 2. The molecule has 0 fully saturated rings. The first-order valence-corrected chi connectivity index (χ1v) is 5.44. The fourth-order valence-corrected chi connectivity index (χ4v) is 1.98. The maximum absolute atomic E-state index is 12.8. The molecule has 0 aromatic heterocycles. The minimum Gasteiger partial charge on any atom is -0.505 e. The summed E-state index contributed by atoms with van der Waals surface area (Å²) in [5, 5.41) is 8.85. The van der Waals surface area contributed by atoms with Gasteiger partial charge in [0.15, 0.2) is 11.6 Å². The second-order valence-corrected chi connectivity index (χ2v) is 4.38. The zero-order valence-corrected chi connectivity index (χ0v) is 8.31. The zero-order chi connectivity index (χ0) is 10.8. The van der Waals surface area contributed by atoms with Crippen LogP contribution in [0.25, 0.3) is 0 Å². The molecule has 14 heavy (non-hydrogen) atoms. The summed E-state index contributed by atoms with van der Waals surface area (Å²) < 4.78 is 37.7. The summed E-state index contributed by atoms with van der Waals surface area (Å²) in [6, 6.07) is 2.91. The van der Waals surface area contributed by atoms with Crippen molar-refractivity contribution in [2.75, 3.05) is 6.54 Å². The third-order valence-electron chi connectivity index (χ3n) is 1.56. The molecule has 4 nitrogen and oxygen atoms in total. The summed E-state index contributed by atoms with van der Waals surface area (Å²) in [6.45, 7) is 1.85. The van der Waals surface area contributed by atoms with Crippen LogP contribution in [-0.2, 0) is 10.0 Å². The lowest BCUT2D eigenvalue weighted by Crippen LogP contribution is -2.23. The van der Waals surface area contributed by atoms with Crippen molar-refractivity contribution in [1.82, 2.24) is 4.72 Å². The first-order valence-electron chi connectivity index (χ1n) is 3.95. The van der Waals surface area contributed by atoms with Crippen LogP contribution in [0, 0.1) is 5.82 Å². The molecule has 0 bridgehead atoms. The highest BCUT2D eigenvalue weighted by Gasteiger charge is 2.14. The third-order valence-corrected chi connectivity index (χ3v) is 3.11. The van der Waals surface area contributed by atoms with Gasteiger partial charge in [-0.2, -0.15) is 0 Å². The first kappa shape index (κ1) is 10.9. The van der Waals surface area contributed by atoms with Crippen molar-refractivity contribution in [3.05, 3.63) is 24.0 Å². The molecule has 0 saturated heterocycles. The smallest absolute Gasteiger partial charge is 0.240 e. The van der Waals surface area contributed by atoms with E-state index < -0.39 is 21.6 Å². The number of halogens is 1. The van der Waals surface area contributed by atoms with Crippen molar-refractivity contribution in [2.45, 2.75) is 11.8 Å². The molecule has 78 valence electrons. The number of aromatic hydroxyl groups is 1. The zero-order valence-electron chi connectivity index (χ0n) is 7.49. The number of benzene rings is 1. The van der Waals surface area contributed by atoms with Crippen molar-refractivity contribution in [2.24, 2.45) is 0 Å². The van der Waals surface area contributed by atoms with Gasteiger partial charge in [0, 0.05) is 6.54 Å². The van der Waals surface area contributed by atoms with Gasteiger partial charge in [-0.25, -0.2) is 17.5 Å². The van der Waals surface area contributed by atoms with E-state index in [9.17, 15) is 12.8 Å². The molecule has 0 amide bonds. The van der Waals surface area contributed by atoms with E-state index in [0.29, 0.717) is 0 Å². The van der Waals surface area contributed by atoms with Gasteiger partial charge in [0.1, 0.15) is 0 Å². The fourth-order valence-electron chi connectivity index (χ4n) is 0.928. The Morgan fingerprint density at radius 3 is 2.64 bits per heavy atom. The molecule has 6 heteroatoms. The van der Waals surface area contributed by atoms with E-state index >= 15 is 0 Å². The van der Waals surface area contributed by atoms with Gasteiger partial charge in [-0.3, -0.25) is 0 Å². The number of nitrogens with one attached hydrogen (secondary N) is 1. The monoisotopic (exact) mass is 219 g/mol.